The van der Waals surface area contributed by atoms with Crippen molar-refractivity contribution in [1.29, 1.82) is 0 Å². The molecule has 0 saturated heterocycles. The Morgan fingerprint density at radius 2 is 2.18 bits per heavy atom. The van der Waals surface area contributed by atoms with E-state index in [0.29, 0.717) is 5.92 Å². The highest BCUT2D eigenvalue weighted by Crippen LogP contribution is 2.26. The largest absolute Gasteiger partial charge is 0.393 e. The molecular weight excluding hydrogens is 234 g/mol. The summed E-state index contributed by atoms with van der Waals surface area (Å²) >= 11 is 6.15. The van der Waals surface area contributed by atoms with Crippen molar-refractivity contribution >= 4 is 11.6 Å². The molecule has 0 bridgehead atoms. The Morgan fingerprint density at radius 1 is 1.41 bits per heavy atom. The van der Waals surface area contributed by atoms with Gasteiger partial charge in [0, 0.05) is 17.6 Å². The predicted molar refractivity (Wildman–Crippen MR) is 71.2 cm³/mol. The van der Waals surface area contributed by atoms with E-state index in [9.17, 15) is 5.11 Å². The fourth-order valence-electron chi connectivity index (χ4n) is 2.52. The second-order valence-corrected chi connectivity index (χ2v) is 5.32. The zero-order valence-electron chi connectivity index (χ0n) is 10.2. The number of nitrogens with one attached hydrogen (secondary N) is 1. The summed E-state index contributed by atoms with van der Waals surface area (Å²) in [7, 11) is 0. The van der Waals surface area contributed by atoms with Crippen molar-refractivity contribution in [2.24, 2.45) is 5.92 Å². The highest BCUT2D eigenvalue weighted by Gasteiger charge is 2.25. The first kappa shape index (κ1) is 12.9. The summed E-state index contributed by atoms with van der Waals surface area (Å²) in [6.07, 6.45) is 3.10. The summed E-state index contributed by atoms with van der Waals surface area (Å²) in [5.74, 6) is 0.403. The fourth-order valence-corrected chi connectivity index (χ4v) is 2.82. The van der Waals surface area contributed by atoms with E-state index in [4.69, 9.17) is 11.6 Å². The highest BCUT2D eigenvalue weighted by atomic mass is 35.5. The number of hydrogen-bond donors (Lipinski definition) is 2. The van der Waals surface area contributed by atoms with E-state index in [0.717, 1.165) is 36.4 Å². The molecule has 1 aliphatic rings. The van der Waals surface area contributed by atoms with Crippen molar-refractivity contribution in [2.75, 3.05) is 6.54 Å². The van der Waals surface area contributed by atoms with Gasteiger partial charge >= 0.3 is 0 Å². The van der Waals surface area contributed by atoms with Gasteiger partial charge in [-0.05, 0) is 37.3 Å². The van der Waals surface area contributed by atoms with Gasteiger partial charge in [-0.25, -0.2) is 0 Å². The summed E-state index contributed by atoms with van der Waals surface area (Å²) in [6, 6.07) is 8.14. The maximum Gasteiger partial charge on any atom is 0.0580 e. The van der Waals surface area contributed by atoms with Gasteiger partial charge in [-0.15, -0.1) is 0 Å². The Balaban J connectivity index is 1.89. The maximum absolute atomic E-state index is 9.76. The number of hydrogen-bond acceptors (Lipinski definition) is 2. The molecule has 1 fully saturated rings. The Bertz CT molecular complexity index is 369. The normalized spacial score (nSPS) is 26.1. The lowest BCUT2D eigenvalue weighted by molar-refractivity contribution is 0.130. The van der Waals surface area contributed by atoms with Crippen molar-refractivity contribution in [1.82, 2.24) is 5.32 Å². The van der Waals surface area contributed by atoms with Crippen LogP contribution in [0.4, 0.5) is 0 Å². The summed E-state index contributed by atoms with van der Waals surface area (Å²) in [5.41, 5.74) is 1.13. The minimum atomic E-state index is -0.124. The average molecular weight is 254 g/mol. The molecule has 0 amide bonds. The summed E-state index contributed by atoms with van der Waals surface area (Å²) in [6.45, 7) is 2.98. The first-order chi connectivity index (χ1) is 8.18. The lowest BCUT2D eigenvalue weighted by Gasteiger charge is -2.20. The van der Waals surface area contributed by atoms with Gasteiger partial charge in [0.2, 0.25) is 0 Å². The third-order valence-electron chi connectivity index (χ3n) is 3.68. The smallest absolute Gasteiger partial charge is 0.0580 e. The van der Waals surface area contributed by atoms with Crippen LogP contribution < -0.4 is 5.32 Å². The summed E-state index contributed by atoms with van der Waals surface area (Å²) in [4.78, 5) is 0. The van der Waals surface area contributed by atoms with E-state index in [2.05, 4.69) is 12.2 Å². The molecule has 1 saturated carbocycles. The highest BCUT2D eigenvalue weighted by molar-refractivity contribution is 6.31. The molecule has 94 valence electrons. The van der Waals surface area contributed by atoms with Gasteiger partial charge < -0.3 is 10.4 Å². The van der Waals surface area contributed by atoms with Crippen LogP contribution in [0.1, 0.15) is 37.8 Å². The molecule has 1 aromatic carbocycles. The van der Waals surface area contributed by atoms with E-state index in [-0.39, 0.29) is 12.1 Å². The zero-order valence-corrected chi connectivity index (χ0v) is 11.0. The molecule has 0 heterocycles. The number of halogens is 1. The van der Waals surface area contributed by atoms with Gasteiger partial charge in [-0.3, -0.25) is 0 Å². The van der Waals surface area contributed by atoms with Crippen LogP contribution in [0.3, 0.4) is 0 Å². The predicted octanol–water partition coefficient (Wildman–Crippen LogP) is 3.15. The molecule has 17 heavy (non-hydrogen) atoms. The van der Waals surface area contributed by atoms with Gasteiger partial charge in [0.15, 0.2) is 0 Å². The van der Waals surface area contributed by atoms with Gasteiger partial charge in [-0.2, -0.15) is 0 Å². The molecule has 0 aliphatic heterocycles. The topological polar surface area (TPSA) is 32.3 Å². The van der Waals surface area contributed by atoms with Crippen molar-refractivity contribution in [3.63, 3.8) is 0 Å². The Labute approximate surface area is 108 Å². The molecule has 1 aromatic rings. The van der Waals surface area contributed by atoms with Crippen molar-refractivity contribution in [3.8, 4) is 0 Å². The van der Waals surface area contributed by atoms with Gasteiger partial charge in [-0.1, -0.05) is 36.2 Å². The van der Waals surface area contributed by atoms with E-state index >= 15 is 0 Å². The first-order valence-electron chi connectivity index (χ1n) is 6.34. The molecule has 2 N–H and O–H groups in total. The molecule has 0 spiro atoms. The van der Waals surface area contributed by atoms with Crippen LogP contribution >= 0.6 is 11.6 Å². The van der Waals surface area contributed by atoms with E-state index in [1.54, 1.807) is 0 Å². The van der Waals surface area contributed by atoms with Crippen molar-refractivity contribution in [3.05, 3.63) is 34.9 Å². The van der Waals surface area contributed by atoms with Crippen LogP contribution in [0.15, 0.2) is 24.3 Å². The van der Waals surface area contributed by atoms with Crippen LogP contribution in [0.25, 0.3) is 0 Å². The summed E-state index contributed by atoms with van der Waals surface area (Å²) in [5, 5.41) is 14.0. The van der Waals surface area contributed by atoms with Gasteiger partial charge in [0.1, 0.15) is 0 Å². The van der Waals surface area contributed by atoms with Crippen molar-refractivity contribution < 1.29 is 5.11 Å². The minimum Gasteiger partial charge on any atom is -0.393 e. The number of rotatable bonds is 4. The third-order valence-corrected chi connectivity index (χ3v) is 4.02. The molecule has 3 atom stereocenters. The standard InChI is InChI=1S/C14H20ClNO/c1-10(12-6-2-3-7-13(12)15)16-9-11-5-4-8-14(11)17/h2-3,6-7,10-11,14,16-17H,4-5,8-9H2,1H3. The molecule has 2 nitrogen and oxygen atoms in total. The maximum atomic E-state index is 9.76. The quantitative estimate of drug-likeness (QED) is 0.864. The van der Waals surface area contributed by atoms with Crippen LogP contribution in [-0.2, 0) is 0 Å². The lowest BCUT2D eigenvalue weighted by Crippen LogP contribution is -2.29. The molecule has 3 heteroatoms. The number of benzene rings is 1. The van der Waals surface area contributed by atoms with E-state index in [1.807, 2.05) is 24.3 Å². The molecule has 0 radical (unpaired) electrons. The lowest BCUT2D eigenvalue weighted by atomic mass is 10.0. The number of aliphatic hydroxyl groups is 1. The Morgan fingerprint density at radius 3 is 2.82 bits per heavy atom. The van der Waals surface area contributed by atoms with Crippen LogP contribution in [0.5, 0.6) is 0 Å². The van der Waals surface area contributed by atoms with Gasteiger partial charge in [0.05, 0.1) is 6.10 Å². The first-order valence-corrected chi connectivity index (χ1v) is 6.72. The van der Waals surface area contributed by atoms with Crippen molar-refractivity contribution in [2.45, 2.75) is 38.3 Å². The second kappa shape index (κ2) is 5.85. The van der Waals surface area contributed by atoms with E-state index < -0.39 is 0 Å². The summed E-state index contributed by atoms with van der Waals surface area (Å²) < 4.78 is 0. The molecule has 3 unspecified atom stereocenters. The third kappa shape index (κ3) is 3.21. The number of aliphatic hydroxyl groups excluding tert-OH is 1. The monoisotopic (exact) mass is 253 g/mol. The second-order valence-electron chi connectivity index (χ2n) is 4.91. The average Bonchev–Trinajstić information content (AvgIpc) is 2.72. The van der Waals surface area contributed by atoms with Crippen LogP contribution in [0, 0.1) is 5.92 Å². The SMILES string of the molecule is CC(NCC1CCCC1O)c1ccccc1Cl. The Kier molecular flexibility index (Phi) is 4.43. The Hall–Kier alpha value is -0.570. The van der Waals surface area contributed by atoms with Gasteiger partial charge in [0.25, 0.3) is 0 Å². The van der Waals surface area contributed by atoms with Crippen LogP contribution in [0.2, 0.25) is 5.02 Å². The molecule has 1 aliphatic carbocycles. The minimum absolute atomic E-state index is 0.124. The van der Waals surface area contributed by atoms with E-state index in [1.165, 1.54) is 0 Å². The molecular formula is C14H20ClNO. The fraction of sp³-hybridized carbons (Fsp3) is 0.571. The molecule has 0 aromatic heterocycles. The zero-order chi connectivity index (χ0) is 12.3. The molecule has 2 rings (SSSR count). The van der Waals surface area contributed by atoms with Crippen LogP contribution in [-0.4, -0.2) is 17.8 Å².